The molecule has 7 heteroatoms. The molecule has 3 N–H and O–H groups in total. The average Bonchev–Trinajstić information content (AvgIpc) is 3.08. The molecule has 1 amide bonds. The number of carbonyl (C=O) groups excluding carboxylic acids is 1. The molecule has 1 aromatic heterocycles. The molecule has 0 spiro atoms. The van der Waals surface area contributed by atoms with Gasteiger partial charge < -0.3 is 11.1 Å². The van der Waals surface area contributed by atoms with Gasteiger partial charge in [0.1, 0.15) is 0 Å². The number of anilines is 1. The Labute approximate surface area is 122 Å². The van der Waals surface area contributed by atoms with E-state index in [0.717, 1.165) is 30.6 Å². The topological polar surface area (TPSA) is 98.7 Å². The Balaban J connectivity index is 1.75. The number of hydrogen-bond acceptors (Lipinski definition) is 5. The molecule has 1 saturated carbocycles. The van der Waals surface area contributed by atoms with E-state index in [2.05, 4.69) is 20.8 Å². The Bertz CT molecular complexity index is 652. The van der Waals surface area contributed by atoms with Crippen LogP contribution >= 0.6 is 0 Å². The standard InChI is InChI=1S/C14H18N6O/c1-9-17-18-19-20(9)13-4-2-3-12(8-13)16-14(21)10-5-6-11(15)7-10/h2-4,8,10-11H,5-7,15H2,1H3,(H,16,21). The summed E-state index contributed by atoms with van der Waals surface area (Å²) in [5.41, 5.74) is 7.42. The lowest BCUT2D eigenvalue weighted by Crippen LogP contribution is -2.23. The fourth-order valence-electron chi connectivity index (χ4n) is 2.68. The molecule has 2 unspecified atom stereocenters. The summed E-state index contributed by atoms with van der Waals surface area (Å²) < 4.78 is 1.63. The molecule has 1 aromatic carbocycles. The van der Waals surface area contributed by atoms with Crippen molar-refractivity contribution >= 4 is 11.6 Å². The second kappa shape index (κ2) is 5.61. The molecule has 110 valence electrons. The third-order valence-corrected chi connectivity index (χ3v) is 3.83. The van der Waals surface area contributed by atoms with E-state index < -0.39 is 0 Å². The number of tetrazole rings is 1. The van der Waals surface area contributed by atoms with Crippen LogP contribution in [0.1, 0.15) is 25.1 Å². The van der Waals surface area contributed by atoms with Crippen molar-refractivity contribution in [2.45, 2.75) is 32.2 Å². The Morgan fingerprint density at radius 1 is 1.43 bits per heavy atom. The fraction of sp³-hybridized carbons (Fsp3) is 0.429. The van der Waals surface area contributed by atoms with Gasteiger partial charge in [0.05, 0.1) is 5.69 Å². The summed E-state index contributed by atoms with van der Waals surface area (Å²) in [6, 6.07) is 7.62. The molecule has 0 bridgehead atoms. The van der Waals surface area contributed by atoms with Crippen LogP contribution in [0.2, 0.25) is 0 Å². The number of amides is 1. The lowest BCUT2D eigenvalue weighted by molar-refractivity contribution is -0.119. The zero-order valence-electron chi connectivity index (χ0n) is 11.9. The van der Waals surface area contributed by atoms with E-state index in [0.29, 0.717) is 5.82 Å². The number of rotatable bonds is 3. The maximum atomic E-state index is 12.2. The molecule has 1 fully saturated rings. The second-order valence-electron chi connectivity index (χ2n) is 5.45. The van der Waals surface area contributed by atoms with E-state index in [1.165, 1.54) is 0 Å². The highest BCUT2D eigenvalue weighted by Gasteiger charge is 2.27. The number of aryl methyl sites for hydroxylation is 1. The van der Waals surface area contributed by atoms with Crippen molar-refractivity contribution in [3.63, 3.8) is 0 Å². The maximum Gasteiger partial charge on any atom is 0.227 e. The van der Waals surface area contributed by atoms with Crippen molar-refractivity contribution in [3.05, 3.63) is 30.1 Å². The summed E-state index contributed by atoms with van der Waals surface area (Å²) in [7, 11) is 0. The van der Waals surface area contributed by atoms with Gasteiger partial charge >= 0.3 is 0 Å². The van der Waals surface area contributed by atoms with E-state index in [1.807, 2.05) is 31.2 Å². The van der Waals surface area contributed by atoms with Crippen LogP contribution in [-0.2, 0) is 4.79 Å². The van der Waals surface area contributed by atoms with Crippen LogP contribution in [0.4, 0.5) is 5.69 Å². The SMILES string of the molecule is Cc1nnnn1-c1cccc(NC(=O)C2CCC(N)C2)c1. The average molecular weight is 286 g/mol. The lowest BCUT2D eigenvalue weighted by atomic mass is 10.1. The number of aromatic nitrogens is 4. The summed E-state index contributed by atoms with van der Waals surface area (Å²) in [5, 5.41) is 14.3. The third kappa shape index (κ3) is 2.92. The summed E-state index contributed by atoms with van der Waals surface area (Å²) in [6.45, 7) is 1.82. The van der Waals surface area contributed by atoms with Crippen LogP contribution in [0.3, 0.4) is 0 Å². The molecule has 1 heterocycles. The van der Waals surface area contributed by atoms with Crippen LogP contribution in [-0.4, -0.2) is 32.2 Å². The number of nitrogens with zero attached hydrogens (tertiary/aromatic N) is 4. The first kappa shape index (κ1) is 13.7. The summed E-state index contributed by atoms with van der Waals surface area (Å²) >= 11 is 0. The van der Waals surface area contributed by atoms with Crippen LogP contribution in [0.15, 0.2) is 24.3 Å². The van der Waals surface area contributed by atoms with Crippen molar-refractivity contribution in [2.24, 2.45) is 11.7 Å². The number of nitrogens with one attached hydrogen (secondary N) is 1. The molecule has 1 aliphatic carbocycles. The van der Waals surface area contributed by atoms with Gasteiger partial charge in [0, 0.05) is 17.6 Å². The summed E-state index contributed by atoms with van der Waals surface area (Å²) in [6.07, 6.45) is 2.54. The van der Waals surface area contributed by atoms with Gasteiger partial charge in [0.25, 0.3) is 0 Å². The van der Waals surface area contributed by atoms with Gasteiger partial charge in [-0.15, -0.1) is 5.10 Å². The molecule has 2 atom stereocenters. The minimum atomic E-state index is 0.0124. The van der Waals surface area contributed by atoms with Gasteiger partial charge in [-0.2, -0.15) is 4.68 Å². The first-order valence-corrected chi connectivity index (χ1v) is 7.05. The van der Waals surface area contributed by atoms with Gasteiger partial charge in [-0.05, 0) is 54.8 Å². The number of hydrogen-bond donors (Lipinski definition) is 2. The first-order chi connectivity index (χ1) is 10.1. The first-order valence-electron chi connectivity index (χ1n) is 7.05. The van der Waals surface area contributed by atoms with Gasteiger partial charge in [0.15, 0.2) is 5.82 Å². The smallest absolute Gasteiger partial charge is 0.227 e. The second-order valence-corrected chi connectivity index (χ2v) is 5.45. The van der Waals surface area contributed by atoms with E-state index in [-0.39, 0.29) is 17.9 Å². The monoisotopic (exact) mass is 286 g/mol. The highest BCUT2D eigenvalue weighted by Crippen LogP contribution is 2.25. The fourth-order valence-corrected chi connectivity index (χ4v) is 2.68. The largest absolute Gasteiger partial charge is 0.328 e. The Kier molecular flexibility index (Phi) is 3.66. The molecule has 0 radical (unpaired) electrons. The van der Waals surface area contributed by atoms with Gasteiger partial charge in [-0.1, -0.05) is 6.07 Å². The Morgan fingerprint density at radius 2 is 2.29 bits per heavy atom. The zero-order valence-corrected chi connectivity index (χ0v) is 11.9. The quantitative estimate of drug-likeness (QED) is 0.878. The van der Waals surface area contributed by atoms with E-state index in [1.54, 1.807) is 4.68 Å². The summed E-state index contributed by atoms with van der Waals surface area (Å²) in [4.78, 5) is 12.2. The molecule has 0 aliphatic heterocycles. The normalized spacial score (nSPS) is 21.4. The molecule has 3 rings (SSSR count). The predicted octanol–water partition coefficient (Wildman–Crippen LogP) is 1.04. The molecule has 2 aromatic rings. The number of benzene rings is 1. The minimum absolute atomic E-state index is 0.0124. The van der Waals surface area contributed by atoms with E-state index in [9.17, 15) is 4.79 Å². The number of carbonyl (C=O) groups is 1. The zero-order chi connectivity index (χ0) is 14.8. The molecule has 0 saturated heterocycles. The highest BCUT2D eigenvalue weighted by atomic mass is 16.1. The molecular weight excluding hydrogens is 268 g/mol. The lowest BCUT2D eigenvalue weighted by Gasteiger charge is -2.11. The Morgan fingerprint density at radius 3 is 2.95 bits per heavy atom. The van der Waals surface area contributed by atoms with Crippen molar-refractivity contribution in [2.75, 3.05) is 5.32 Å². The predicted molar refractivity (Wildman–Crippen MR) is 77.8 cm³/mol. The van der Waals surface area contributed by atoms with E-state index in [4.69, 9.17) is 5.73 Å². The van der Waals surface area contributed by atoms with Crippen LogP contribution in [0, 0.1) is 12.8 Å². The van der Waals surface area contributed by atoms with E-state index >= 15 is 0 Å². The minimum Gasteiger partial charge on any atom is -0.328 e. The molecule has 7 nitrogen and oxygen atoms in total. The van der Waals surface area contributed by atoms with Crippen LogP contribution in [0.25, 0.3) is 5.69 Å². The van der Waals surface area contributed by atoms with Crippen molar-refractivity contribution in [1.29, 1.82) is 0 Å². The number of nitrogens with two attached hydrogens (primary N) is 1. The van der Waals surface area contributed by atoms with Crippen molar-refractivity contribution < 1.29 is 4.79 Å². The van der Waals surface area contributed by atoms with Gasteiger partial charge in [-0.25, -0.2) is 0 Å². The summed E-state index contributed by atoms with van der Waals surface area (Å²) in [5.74, 6) is 0.743. The molecule has 1 aliphatic rings. The maximum absolute atomic E-state index is 12.2. The third-order valence-electron chi connectivity index (χ3n) is 3.83. The molecular formula is C14H18N6O. The van der Waals surface area contributed by atoms with Gasteiger partial charge in [0.2, 0.25) is 5.91 Å². The van der Waals surface area contributed by atoms with Crippen LogP contribution in [0.5, 0.6) is 0 Å². The Hall–Kier alpha value is -2.28. The van der Waals surface area contributed by atoms with Crippen molar-refractivity contribution in [1.82, 2.24) is 20.2 Å². The highest BCUT2D eigenvalue weighted by molar-refractivity contribution is 5.93. The van der Waals surface area contributed by atoms with Crippen LogP contribution < -0.4 is 11.1 Å². The van der Waals surface area contributed by atoms with Gasteiger partial charge in [-0.3, -0.25) is 4.79 Å². The van der Waals surface area contributed by atoms with Crippen molar-refractivity contribution in [3.8, 4) is 5.69 Å². The molecule has 21 heavy (non-hydrogen) atoms.